The number of anilines is 1. The van der Waals surface area contributed by atoms with Gasteiger partial charge in [0.15, 0.2) is 0 Å². The lowest BCUT2D eigenvalue weighted by atomic mass is 10.1. The summed E-state index contributed by atoms with van der Waals surface area (Å²) in [7, 11) is 0. The van der Waals surface area contributed by atoms with E-state index in [1.807, 2.05) is 12.1 Å². The van der Waals surface area contributed by atoms with Gasteiger partial charge in [0.25, 0.3) is 0 Å². The SMILES string of the molecule is CC(C)(Nc1ncc(-c2ccncc2)cn1)C(=O)O. The molecule has 2 aromatic rings. The Labute approximate surface area is 110 Å². The van der Waals surface area contributed by atoms with E-state index >= 15 is 0 Å². The molecule has 0 radical (unpaired) electrons. The van der Waals surface area contributed by atoms with E-state index in [1.165, 1.54) is 0 Å². The Morgan fingerprint density at radius 2 is 1.74 bits per heavy atom. The summed E-state index contributed by atoms with van der Waals surface area (Å²) in [5.41, 5.74) is 0.693. The highest BCUT2D eigenvalue weighted by atomic mass is 16.4. The number of pyridine rings is 1. The van der Waals surface area contributed by atoms with Gasteiger partial charge in [0.1, 0.15) is 5.54 Å². The molecule has 6 heteroatoms. The Kier molecular flexibility index (Phi) is 3.41. The third kappa shape index (κ3) is 3.04. The molecule has 98 valence electrons. The van der Waals surface area contributed by atoms with E-state index in [1.54, 1.807) is 38.6 Å². The molecule has 0 atom stereocenters. The molecular weight excluding hydrogens is 244 g/mol. The van der Waals surface area contributed by atoms with Gasteiger partial charge < -0.3 is 10.4 Å². The number of carboxylic acids is 1. The molecule has 2 N–H and O–H groups in total. The van der Waals surface area contributed by atoms with Gasteiger partial charge in [0.2, 0.25) is 5.95 Å². The van der Waals surface area contributed by atoms with Crippen molar-refractivity contribution in [3.8, 4) is 11.1 Å². The number of aliphatic carboxylic acids is 1. The van der Waals surface area contributed by atoms with Crippen LogP contribution in [0.2, 0.25) is 0 Å². The minimum absolute atomic E-state index is 0.283. The van der Waals surface area contributed by atoms with Gasteiger partial charge in [-0.15, -0.1) is 0 Å². The van der Waals surface area contributed by atoms with Crippen molar-refractivity contribution >= 4 is 11.9 Å². The second-order valence-corrected chi connectivity index (χ2v) is 4.59. The molecule has 0 spiro atoms. The largest absolute Gasteiger partial charge is 0.480 e. The van der Waals surface area contributed by atoms with Gasteiger partial charge in [-0.2, -0.15) is 0 Å². The average molecular weight is 258 g/mol. The first-order valence-electron chi connectivity index (χ1n) is 5.73. The average Bonchev–Trinajstić information content (AvgIpc) is 2.40. The molecule has 0 aliphatic rings. The van der Waals surface area contributed by atoms with E-state index in [4.69, 9.17) is 5.11 Å². The molecule has 0 fully saturated rings. The summed E-state index contributed by atoms with van der Waals surface area (Å²) >= 11 is 0. The maximum Gasteiger partial charge on any atom is 0.328 e. The topological polar surface area (TPSA) is 88.0 Å². The first-order valence-corrected chi connectivity index (χ1v) is 5.73. The monoisotopic (exact) mass is 258 g/mol. The summed E-state index contributed by atoms with van der Waals surface area (Å²) < 4.78 is 0. The van der Waals surface area contributed by atoms with Crippen LogP contribution in [0.5, 0.6) is 0 Å². The van der Waals surface area contributed by atoms with Gasteiger partial charge >= 0.3 is 5.97 Å². The maximum absolute atomic E-state index is 11.0. The van der Waals surface area contributed by atoms with Crippen molar-refractivity contribution in [2.24, 2.45) is 0 Å². The molecule has 0 bridgehead atoms. The number of hydrogen-bond acceptors (Lipinski definition) is 5. The van der Waals surface area contributed by atoms with Gasteiger partial charge in [-0.3, -0.25) is 4.98 Å². The highest BCUT2D eigenvalue weighted by molar-refractivity contribution is 5.80. The van der Waals surface area contributed by atoms with E-state index in [9.17, 15) is 4.79 Å². The van der Waals surface area contributed by atoms with Crippen molar-refractivity contribution in [3.63, 3.8) is 0 Å². The Morgan fingerprint density at radius 3 is 2.26 bits per heavy atom. The standard InChI is InChI=1S/C13H14N4O2/c1-13(2,11(18)19)17-12-15-7-10(8-16-12)9-3-5-14-6-4-9/h3-8H,1-2H3,(H,18,19)(H,15,16,17). The first-order chi connectivity index (χ1) is 8.99. The van der Waals surface area contributed by atoms with Crippen LogP contribution in [0.1, 0.15) is 13.8 Å². The lowest BCUT2D eigenvalue weighted by molar-refractivity contribution is -0.141. The molecule has 0 aromatic carbocycles. The lowest BCUT2D eigenvalue weighted by Crippen LogP contribution is -2.40. The molecular formula is C13H14N4O2. The maximum atomic E-state index is 11.0. The lowest BCUT2D eigenvalue weighted by Gasteiger charge is -2.20. The zero-order valence-corrected chi connectivity index (χ0v) is 10.7. The van der Waals surface area contributed by atoms with Crippen LogP contribution in [0, 0.1) is 0 Å². The number of hydrogen-bond donors (Lipinski definition) is 2. The van der Waals surface area contributed by atoms with Gasteiger partial charge in [-0.05, 0) is 31.5 Å². The highest BCUT2D eigenvalue weighted by Crippen LogP contribution is 2.17. The predicted octanol–water partition coefficient (Wildman–Crippen LogP) is 1.81. The van der Waals surface area contributed by atoms with Crippen molar-refractivity contribution in [1.82, 2.24) is 15.0 Å². The minimum Gasteiger partial charge on any atom is -0.480 e. The molecule has 0 saturated heterocycles. The number of aromatic nitrogens is 3. The Balaban J connectivity index is 2.18. The molecule has 0 saturated carbocycles. The van der Waals surface area contributed by atoms with Crippen LogP contribution in [-0.2, 0) is 4.79 Å². The molecule has 6 nitrogen and oxygen atoms in total. The van der Waals surface area contributed by atoms with Crippen molar-refractivity contribution in [3.05, 3.63) is 36.9 Å². The molecule has 0 aliphatic heterocycles. The number of carboxylic acid groups (broad SMARTS) is 1. The van der Waals surface area contributed by atoms with Crippen molar-refractivity contribution in [2.75, 3.05) is 5.32 Å². The fraction of sp³-hybridized carbons (Fsp3) is 0.231. The van der Waals surface area contributed by atoms with E-state index in [2.05, 4.69) is 20.3 Å². The van der Waals surface area contributed by atoms with Gasteiger partial charge in [0.05, 0.1) is 0 Å². The summed E-state index contributed by atoms with van der Waals surface area (Å²) in [4.78, 5) is 23.2. The molecule has 2 aromatic heterocycles. The fourth-order valence-electron chi connectivity index (χ4n) is 1.42. The van der Waals surface area contributed by atoms with Gasteiger partial charge in [-0.1, -0.05) is 0 Å². The Morgan fingerprint density at radius 1 is 1.16 bits per heavy atom. The smallest absolute Gasteiger partial charge is 0.328 e. The number of rotatable bonds is 4. The number of nitrogens with one attached hydrogen (secondary N) is 1. The third-order valence-electron chi connectivity index (χ3n) is 2.62. The van der Waals surface area contributed by atoms with Crippen molar-refractivity contribution < 1.29 is 9.90 Å². The zero-order valence-electron chi connectivity index (χ0n) is 10.7. The van der Waals surface area contributed by atoms with Crippen LogP contribution >= 0.6 is 0 Å². The van der Waals surface area contributed by atoms with Crippen LogP contribution in [0.4, 0.5) is 5.95 Å². The van der Waals surface area contributed by atoms with Crippen molar-refractivity contribution in [1.29, 1.82) is 0 Å². The summed E-state index contributed by atoms with van der Waals surface area (Å²) in [6.45, 7) is 3.10. The van der Waals surface area contributed by atoms with Crippen LogP contribution < -0.4 is 5.32 Å². The normalized spacial score (nSPS) is 11.1. The van der Waals surface area contributed by atoms with E-state index < -0.39 is 11.5 Å². The summed E-state index contributed by atoms with van der Waals surface area (Å²) in [6.07, 6.45) is 6.66. The summed E-state index contributed by atoms with van der Waals surface area (Å²) in [5, 5.41) is 11.8. The van der Waals surface area contributed by atoms with E-state index in [0.29, 0.717) is 0 Å². The second-order valence-electron chi connectivity index (χ2n) is 4.59. The van der Waals surface area contributed by atoms with Crippen LogP contribution in [-0.4, -0.2) is 31.6 Å². The number of nitrogens with zero attached hydrogens (tertiary/aromatic N) is 3. The zero-order chi connectivity index (χ0) is 13.9. The van der Waals surface area contributed by atoms with E-state index in [-0.39, 0.29) is 5.95 Å². The second kappa shape index (κ2) is 5.01. The van der Waals surface area contributed by atoms with E-state index in [0.717, 1.165) is 11.1 Å². The number of carbonyl (C=O) groups is 1. The van der Waals surface area contributed by atoms with Crippen LogP contribution in [0.3, 0.4) is 0 Å². The predicted molar refractivity (Wildman–Crippen MR) is 70.6 cm³/mol. The summed E-state index contributed by atoms with van der Waals surface area (Å²) in [6, 6.07) is 3.71. The highest BCUT2D eigenvalue weighted by Gasteiger charge is 2.27. The molecule has 0 aliphatic carbocycles. The third-order valence-corrected chi connectivity index (χ3v) is 2.62. The Hall–Kier alpha value is -2.50. The molecule has 0 amide bonds. The molecule has 0 unspecified atom stereocenters. The van der Waals surface area contributed by atoms with Crippen molar-refractivity contribution in [2.45, 2.75) is 19.4 Å². The first kappa shape index (κ1) is 12.9. The minimum atomic E-state index is -1.11. The van der Waals surface area contributed by atoms with Crippen LogP contribution in [0.25, 0.3) is 11.1 Å². The fourth-order valence-corrected chi connectivity index (χ4v) is 1.42. The molecule has 2 rings (SSSR count). The molecule has 2 heterocycles. The van der Waals surface area contributed by atoms with Crippen LogP contribution in [0.15, 0.2) is 36.9 Å². The van der Waals surface area contributed by atoms with Gasteiger partial charge in [0, 0.05) is 30.4 Å². The molecule has 19 heavy (non-hydrogen) atoms. The quantitative estimate of drug-likeness (QED) is 0.869. The summed E-state index contributed by atoms with van der Waals surface area (Å²) in [5.74, 6) is -0.681. The van der Waals surface area contributed by atoms with Gasteiger partial charge in [-0.25, -0.2) is 14.8 Å². The Bertz CT molecular complexity index is 567.